The number of benzene rings is 3. The van der Waals surface area contributed by atoms with Crippen molar-refractivity contribution in [3.05, 3.63) is 95.0 Å². The van der Waals surface area contributed by atoms with Gasteiger partial charge in [0.15, 0.2) is 0 Å². The summed E-state index contributed by atoms with van der Waals surface area (Å²) < 4.78 is 55.4. The summed E-state index contributed by atoms with van der Waals surface area (Å²) in [6.45, 7) is 1.58. The topological polar surface area (TPSA) is 37.4 Å². The van der Waals surface area contributed by atoms with Crippen molar-refractivity contribution in [2.45, 2.75) is 17.9 Å². The molecule has 3 aromatic carbocycles. The fourth-order valence-electron chi connectivity index (χ4n) is 2.82. The van der Waals surface area contributed by atoms with Gasteiger partial charge in [0.1, 0.15) is 11.6 Å². The second-order valence-electron chi connectivity index (χ2n) is 5.93. The third-order valence-corrected chi connectivity index (χ3v) is 6.32. The molecule has 0 saturated heterocycles. The van der Waals surface area contributed by atoms with E-state index >= 15 is 0 Å². The molecule has 0 aliphatic carbocycles. The van der Waals surface area contributed by atoms with Crippen molar-refractivity contribution in [2.75, 3.05) is 4.31 Å². The predicted octanol–water partition coefficient (Wildman–Crippen LogP) is 5.57. The van der Waals surface area contributed by atoms with E-state index in [4.69, 9.17) is 11.6 Å². The zero-order chi connectivity index (χ0) is 19.6. The molecule has 3 nitrogen and oxygen atoms in total. The highest BCUT2D eigenvalue weighted by Gasteiger charge is 2.31. The molecule has 0 bridgehead atoms. The van der Waals surface area contributed by atoms with E-state index in [1.807, 2.05) is 0 Å². The third-order valence-electron chi connectivity index (χ3n) is 4.16. The minimum absolute atomic E-state index is 0.000542. The number of rotatable bonds is 5. The highest BCUT2D eigenvalue weighted by Crippen LogP contribution is 2.34. The average molecular weight is 408 g/mol. The Hall–Kier alpha value is -2.44. The highest BCUT2D eigenvalue weighted by molar-refractivity contribution is 7.92. The quantitative estimate of drug-likeness (QED) is 0.554. The van der Waals surface area contributed by atoms with Crippen LogP contribution in [0.5, 0.6) is 0 Å². The van der Waals surface area contributed by atoms with Crippen LogP contribution in [-0.4, -0.2) is 8.42 Å². The molecule has 0 unspecified atom stereocenters. The molecule has 0 radical (unpaired) electrons. The number of anilines is 1. The van der Waals surface area contributed by atoms with Gasteiger partial charge in [-0.05, 0) is 61.5 Å². The van der Waals surface area contributed by atoms with Crippen LogP contribution >= 0.6 is 11.6 Å². The molecule has 0 aromatic heterocycles. The van der Waals surface area contributed by atoms with E-state index in [0.717, 1.165) is 16.4 Å². The van der Waals surface area contributed by atoms with Gasteiger partial charge in [-0.2, -0.15) is 0 Å². The van der Waals surface area contributed by atoms with Gasteiger partial charge in [0, 0.05) is 10.6 Å². The molecule has 0 fully saturated rings. The molecule has 7 heteroatoms. The number of hydrogen-bond acceptors (Lipinski definition) is 2. The summed E-state index contributed by atoms with van der Waals surface area (Å²) >= 11 is 5.86. The zero-order valence-electron chi connectivity index (χ0n) is 14.3. The van der Waals surface area contributed by atoms with Gasteiger partial charge < -0.3 is 0 Å². The standard InChI is InChI=1S/C20H16ClF2NO2S/c1-14(19-4-2-3-5-20(19)23)24(17-10-8-16(22)9-11-17)27(25,26)18-12-6-15(21)7-13-18/h2-14H,1H3/t14-/m1/s1. The van der Waals surface area contributed by atoms with Gasteiger partial charge in [-0.1, -0.05) is 29.8 Å². The Morgan fingerprint density at radius 3 is 2.07 bits per heavy atom. The Morgan fingerprint density at radius 1 is 0.889 bits per heavy atom. The van der Waals surface area contributed by atoms with Crippen molar-refractivity contribution < 1.29 is 17.2 Å². The van der Waals surface area contributed by atoms with Gasteiger partial charge in [0.25, 0.3) is 10.0 Å². The Morgan fingerprint density at radius 2 is 1.48 bits per heavy atom. The lowest BCUT2D eigenvalue weighted by atomic mass is 10.1. The van der Waals surface area contributed by atoms with Crippen LogP contribution in [-0.2, 0) is 10.0 Å². The molecule has 0 aliphatic heterocycles. The first-order chi connectivity index (χ1) is 12.8. The van der Waals surface area contributed by atoms with Crippen molar-refractivity contribution in [1.29, 1.82) is 0 Å². The third kappa shape index (κ3) is 3.96. The van der Waals surface area contributed by atoms with Crippen LogP contribution < -0.4 is 4.31 Å². The maximum Gasteiger partial charge on any atom is 0.264 e. The van der Waals surface area contributed by atoms with Crippen LogP contribution in [0.4, 0.5) is 14.5 Å². The molecule has 140 valence electrons. The van der Waals surface area contributed by atoms with Gasteiger partial charge >= 0.3 is 0 Å². The van der Waals surface area contributed by atoms with Crippen LogP contribution in [0.25, 0.3) is 0 Å². The van der Waals surface area contributed by atoms with Crippen LogP contribution in [0, 0.1) is 11.6 Å². The number of hydrogen-bond donors (Lipinski definition) is 0. The lowest BCUT2D eigenvalue weighted by Crippen LogP contribution is -2.34. The molecule has 0 heterocycles. The van der Waals surface area contributed by atoms with Crippen molar-refractivity contribution in [1.82, 2.24) is 0 Å². The largest absolute Gasteiger partial charge is 0.264 e. The van der Waals surface area contributed by atoms with E-state index in [1.54, 1.807) is 13.0 Å². The molecule has 0 saturated carbocycles. The zero-order valence-corrected chi connectivity index (χ0v) is 15.9. The summed E-state index contributed by atoms with van der Waals surface area (Å²) in [5.41, 5.74) is 0.432. The molecule has 1 atom stereocenters. The fraction of sp³-hybridized carbons (Fsp3) is 0.100. The van der Waals surface area contributed by atoms with Gasteiger partial charge in [0.05, 0.1) is 16.6 Å². The normalized spacial score (nSPS) is 12.6. The Kier molecular flexibility index (Phi) is 5.48. The number of sulfonamides is 1. The minimum Gasteiger partial charge on any atom is -0.259 e. The Balaban J connectivity index is 2.17. The summed E-state index contributed by atoms with van der Waals surface area (Å²) in [6.07, 6.45) is 0. The SMILES string of the molecule is C[C@H](c1ccccc1F)N(c1ccc(F)cc1)S(=O)(=O)c1ccc(Cl)cc1. The molecular formula is C20H16ClF2NO2S. The molecule has 3 rings (SSSR count). The monoisotopic (exact) mass is 407 g/mol. The molecule has 0 N–H and O–H groups in total. The smallest absolute Gasteiger partial charge is 0.259 e. The van der Waals surface area contributed by atoms with Crippen LogP contribution in [0.2, 0.25) is 5.02 Å². The second-order valence-corrected chi connectivity index (χ2v) is 8.18. The van der Waals surface area contributed by atoms with Crippen molar-refractivity contribution in [3.8, 4) is 0 Å². The minimum atomic E-state index is -4.06. The van der Waals surface area contributed by atoms with E-state index in [9.17, 15) is 17.2 Å². The van der Waals surface area contributed by atoms with Gasteiger partial charge in [-0.25, -0.2) is 17.2 Å². The molecule has 0 aliphatic rings. The summed E-state index contributed by atoms with van der Waals surface area (Å²) in [6, 6.07) is 15.8. The van der Waals surface area contributed by atoms with E-state index in [0.29, 0.717) is 5.02 Å². The average Bonchev–Trinajstić information content (AvgIpc) is 2.64. The first kappa shape index (κ1) is 19.3. The highest BCUT2D eigenvalue weighted by atomic mass is 35.5. The van der Waals surface area contributed by atoms with E-state index in [-0.39, 0.29) is 16.1 Å². The maximum absolute atomic E-state index is 14.3. The van der Waals surface area contributed by atoms with Crippen LogP contribution in [0.15, 0.2) is 77.7 Å². The number of halogens is 3. The summed E-state index contributed by atoms with van der Waals surface area (Å²) in [4.78, 5) is -0.000542. The van der Waals surface area contributed by atoms with Gasteiger partial charge in [-0.3, -0.25) is 4.31 Å². The Bertz CT molecular complexity index is 1040. The first-order valence-corrected chi connectivity index (χ1v) is 9.92. The number of nitrogens with zero attached hydrogens (tertiary/aromatic N) is 1. The summed E-state index contributed by atoms with van der Waals surface area (Å²) in [5.74, 6) is -1.02. The molecule has 0 spiro atoms. The van der Waals surface area contributed by atoms with Gasteiger partial charge in [-0.15, -0.1) is 0 Å². The lowest BCUT2D eigenvalue weighted by Gasteiger charge is -2.31. The van der Waals surface area contributed by atoms with E-state index in [2.05, 4.69) is 0 Å². The molecule has 0 amide bonds. The predicted molar refractivity (Wildman–Crippen MR) is 102 cm³/mol. The molecule has 3 aromatic rings. The lowest BCUT2D eigenvalue weighted by molar-refractivity contribution is 0.569. The Labute approximate surface area is 161 Å². The van der Waals surface area contributed by atoms with Crippen molar-refractivity contribution in [3.63, 3.8) is 0 Å². The van der Waals surface area contributed by atoms with E-state index in [1.165, 1.54) is 54.6 Å². The summed E-state index contributed by atoms with van der Waals surface area (Å²) in [7, 11) is -4.06. The maximum atomic E-state index is 14.3. The van der Waals surface area contributed by atoms with Crippen LogP contribution in [0.1, 0.15) is 18.5 Å². The van der Waals surface area contributed by atoms with Crippen LogP contribution in [0.3, 0.4) is 0 Å². The second kappa shape index (κ2) is 7.66. The van der Waals surface area contributed by atoms with Crippen molar-refractivity contribution in [2.24, 2.45) is 0 Å². The molecule has 27 heavy (non-hydrogen) atoms. The van der Waals surface area contributed by atoms with Gasteiger partial charge in [0.2, 0.25) is 0 Å². The van der Waals surface area contributed by atoms with Crippen molar-refractivity contribution >= 4 is 27.3 Å². The summed E-state index contributed by atoms with van der Waals surface area (Å²) in [5, 5.41) is 0.393. The van der Waals surface area contributed by atoms with E-state index < -0.39 is 27.7 Å². The fourth-order valence-corrected chi connectivity index (χ4v) is 4.58. The first-order valence-electron chi connectivity index (χ1n) is 8.10. The molecular weight excluding hydrogens is 392 g/mol.